The van der Waals surface area contributed by atoms with Gasteiger partial charge in [-0.3, -0.25) is 14.4 Å². The molecule has 9 nitrogen and oxygen atoms in total. The Balaban J connectivity index is 1.68. The second-order valence-corrected chi connectivity index (χ2v) is 9.41. The van der Waals surface area contributed by atoms with Gasteiger partial charge in [0.15, 0.2) is 5.82 Å². The van der Waals surface area contributed by atoms with Gasteiger partial charge >= 0.3 is 0 Å². The molecule has 1 aromatic carbocycles. The van der Waals surface area contributed by atoms with Crippen molar-refractivity contribution < 1.29 is 23.3 Å². The fourth-order valence-corrected chi connectivity index (χ4v) is 5.19. The van der Waals surface area contributed by atoms with E-state index >= 15 is 0 Å². The lowest BCUT2D eigenvalue weighted by atomic mass is 9.74. The average Bonchev–Trinajstić information content (AvgIpc) is 3.62. The third-order valence-corrected chi connectivity index (χ3v) is 6.90. The van der Waals surface area contributed by atoms with Crippen molar-refractivity contribution in [1.29, 1.82) is 0 Å². The summed E-state index contributed by atoms with van der Waals surface area (Å²) in [7, 11) is 0. The molecule has 1 saturated carbocycles. The minimum atomic E-state index is -1.37. The van der Waals surface area contributed by atoms with Crippen LogP contribution in [0.5, 0.6) is 0 Å². The SMILES string of the molecule is Cc1ccc(C(C(N)=O)(C2CCCC2)N(Cc2ccco2)C(=O)CCC(=O)Nc2cc(C)on2)cc1. The number of benzene rings is 1. The molecule has 3 N–H and O–H groups in total. The molecular weight excluding hydrogens is 460 g/mol. The monoisotopic (exact) mass is 492 g/mol. The summed E-state index contributed by atoms with van der Waals surface area (Å²) in [4.78, 5) is 41.4. The summed E-state index contributed by atoms with van der Waals surface area (Å²) >= 11 is 0. The number of furan rings is 1. The molecule has 0 radical (unpaired) electrons. The number of hydrogen-bond acceptors (Lipinski definition) is 6. The number of rotatable bonds is 10. The van der Waals surface area contributed by atoms with Crippen LogP contribution in [0.3, 0.4) is 0 Å². The highest BCUT2D eigenvalue weighted by atomic mass is 16.5. The van der Waals surface area contributed by atoms with E-state index in [1.54, 1.807) is 25.1 Å². The Labute approximate surface area is 210 Å². The average molecular weight is 493 g/mol. The second kappa shape index (κ2) is 10.8. The number of aryl methyl sites for hydroxylation is 2. The van der Waals surface area contributed by atoms with Crippen LogP contribution in [-0.4, -0.2) is 27.8 Å². The van der Waals surface area contributed by atoms with Gasteiger partial charge in [-0.25, -0.2) is 0 Å². The molecule has 0 spiro atoms. The first-order chi connectivity index (χ1) is 17.3. The highest BCUT2D eigenvalue weighted by Crippen LogP contribution is 2.46. The molecule has 36 heavy (non-hydrogen) atoms. The standard InChI is InChI=1S/C27H32N4O5/c1-18-9-11-21(12-10-18)27(26(28)34,20-6-3-4-7-20)31(17-22-8-5-15-35-22)25(33)14-13-24(32)29-23-16-19(2)36-30-23/h5,8-12,15-16,20H,3-4,6-7,13-14,17H2,1-2H3,(H2,28,34)(H,29,30,32). The van der Waals surface area contributed by atoms with Crippen molar-refractivity contribution >= 4 is 23.5 Å². The van der Waals surface area contributed by atoms with Gasteiger partial charge in [0.25, 0.3) is 0 Å². The Morgan fingerprint density at radius 3 is 2.42 bits per heavy atom. The smallest absolute Gasteiger partial charge is 0.248 e. The van der Waals surface area contributed by atoms with Gasteiger partial charge in [-0.1, -0.05) is 47.8 Å². The minimum Gasteiger partial charge on any atom is -0.467 e. The molecule has 190 valence electrons. The molecular formula is C27H32N4O5. The Bertz CT molecular complexity index is 1200. The zero-order chi connectivity index (χ0) is 25.7. The zero-order valence-electron chi connectivity index (χ0n) is 20.7. The number of carbonyl (C=O) groups excluding carboxylic acids is 3. The van der Waals surface area contributed by atoms with E-state index in [-0.39, 0.29) is 42.9 Å². The molecule has 2 aromatic heterocycles. The Morgan fingerprint density at radius 1 is 1.11 bits per heavy atom. The molecule has 4 rings (SSSR count). The lowest BCUT2D eigenvalue weighted by Gasteiger charge is -2.46. The van der Waals surface area contributed by atoms with Crippen molar-refractivity contribution in [1.82, 2.24) is 10.1 Å². The summed E-state index contributed by atoms with van der Waals surface area (Å²) in [6, 6.07) is 12.7. The first-order valence-corrected chi connectivity index (χ1v) is 12.2. The second-order valence-electron chi connectivity index (χ2n) is 9.41. The Hall–Kier alpha value is -3.88. The predicted octanol–water partition coefficient (Wildman–Crippen LogP) is 4.20. The maximum atomic E-state index is 13.8. The summed E-state index contributed by atoms with van der Waals surface area (Å²) in [5.74, 6) is -0.0909. The van der Waals surface area contributed by atoms with Crippen LogP contribution in [-0.2, 0) is 26.5 Å². The molecule has 1 unspecified atom stereocenters. The quantitative estimate of drug-likeness (QED) is 0.436. The van der Waals surface area contributed by atoms with E-state index in [1.807, 2.05) is 31.2 Å². The molecule has 3 aromatic rings. The van der Waals surface area contributed by atoms with Crippen molar-refractivity contribution in [2.24, 2.45) is 11.7 Å². The predicted molar refractivity (Wildman–Crippen MR) is 132 cm³/mol. The Morgan fingerprint density at radius 2 is 1.83 bits per heavy atom. The van der Waals surface area contributed by atoms with E-state index in [9.17, 15) is 14.4 Å². The number of primary amides is 1. The molecule has 9 heteroatoms. The van der Waals surface area contributed by atoms with Crippen LogP contribution in [0.4, 0.5) is 5.82 Å². The number of nitrogens with zero attached hydrogens (tertiary/aromatic N) is 2. The molecule has 0 bridgehead atoms. The number of carbonyl (C=O) groups is 3. The lowest BCUT2D eigenvalue weighted by molar-refractivity contribution is -0.153. The van der Waals surface area contributed by atoms with Gasteiger partial charge in [0, 0.05) is 18.9 Å². The number of amides is 3. The maximum Gasteiger partial charge on any atom is 0.248 e. The number of hydrogen-bond donors (Lipinski definition) is 2. The van der Waals surface area contributed by atoms with Crippen LogP contribution in [0.1, 0.15) is 61.2 Å². The molecule has 0 saturated heterocycles. The molecule has 1 atom stereocenters. The van der Waals surface area contributed by atoms with Crippen LogP contribution in [0, 0.1) is 19.8 Å². The fraction of sp³-hybridized carbons (Fsp3) is 0.407. The van der Waals surface area contributed by atoms with E-state index in [1.165, 1.54) is 11.2 Å². The van der Waals surface area contributed by atoms with E-state index in [4.69, 9.17) is 14.7 Å². The molecule has 0 aliphatic heterocycles. The summed E-state index contributed by atoms with van der Waals surface area (Å²) in [6.45, 7) is 3.74. The molecule has 3 amide bonds. The first kappa shape index (κ1) is 25.2. The summed E-state index contributed by atoms with van der Waals surface area (Å²) in [6.07, 6.45) is 4.76. The van der Waals surface area contributed by atoms with Gasteiger partial charge in [0.05, 0.1) is 12.8 Å². The van der Waals surface area contributed by atoms with Crippen molar-refractivity contribution in [3.05, 3.63) is 71.4 Å². The van der Waals surface area contributed by atoms with Gasteiger partial charge in [-0.05, 0) is 50.3 Å². The van der Waals surface area contributed by atoms with Gasteiger partial charge in [-0.15, -0.1) is 0 Å². The van der Waals surface area contributed by atoms with Crippen LogP contribution >= 0.6 is 0 Å². The minimum absolute atomic E-state index is 0.0588. The van der Waals surface area contributed by atoms with Crippen molar-refractivity contribution in [2.75, 3.05) is 5.32 Å². The van der Waals surface area contributed by atoms with E-state index < -0.39 is 11.4 Å². The topological polar surface area (TPSA) is 132 Å². The lowest BCUT2D eigenvalue weighted by Crippen LogP contribution is -2.60. The van der Waals surface area contributed by atoms with Crippen LogP contribution in [0.15, 0.2) is 57.7 Å². The van der Waals surface area contributed by atoms with Gasteiger partial charge < -0.3 is 24.9 Å². The maximum absolute atomic E-state index is 13.8. The van der Waals surface area contributed by atoms with E-state index in [0.717, 1.165) is 31.2 Å². The number of aromatic nitrogens is 1. The Kier molecular flexibility index (Phi) is 7.57. The highest BCUT2D eigenvalue weighted by molar-refractivity contribution is 5.95. The third kappa shape index (κ3) is 5.19. The van der Waals surface area contributed by atoms with E-state index in [2.05, 4.69) is 10.5 Å². The van der Waals surface area contributed by atoms with Gasteiger partial charge in [0.1, 0.15) is 17.1 Å². The molecule has 1 fully saturated rings. The molecule has 2 heterocycles. The van der Waals surface area contributed by atoms with Gasteiger partial charge in [-0.2, -0.15) is 0 Å². The summed E-state index contributed by atoms with van der Waals surface area (Å²) < 4.78 is 10.5. The van der Waals surface area contributed by atoms with Crippen LogP contribution in [0.2, 0.25) is 0 Å². The normalized spacial score (nSPS) is 15.4. The third-order valence-electron chi connectivity index (χ3n) is 6.90. The zero-order valence-corrected chi connectivity index (χ0v) is 20.7. The number of nitrogens with one attached hydrogen (secondary N) is 1. The fourth-order valence-electron chi connectivity index (χ4n) is 5.19. The van der Waals surface area contributed by atoms with Crippen LogP contribution in [0.25, 0.3) is 0 Å². The highest BCUT2D eigenvalue weighted by Gasteiger charge is 2.53. The summed E-state index contributed by atoms with van der Waals surface area (Å²) in [5, 5.41) is 6.39. The van der Waals surface area contributed by atoms with Crippen molar-refractivity contribution in [2.45, 2.75) is 64.5 Å². The van der Waals surface area contributed by atoms with E-state index in [0.29, 0.717) is 17.1 Å². The van der Waals surface area contributed by atoms with Crippen molar-refractivity contribution in [3.8, 4) is 0 Å². The summed E-state index contributed by atoms with van der Waals surface area (Å²) in [5.41, 5.74) is 6.53. The number of anilines is 1. The van der Waals surface area contributed by atoms with Crippen LogP contribution < -0.4 is 11.1 Å². The van der Waals surface area contributed by atoms with Crippen molar-refractivity contribution in [3.63, 3.8) is 0 Å². The first-order valence-electron chi connectivity index (χ1n) is 12.2. The molecule has 1 aliphatic carbocycles. The largest absolute Gasteiger partial charge is 0.467 e. The number of nitrogens with two attached hydrogens (primary N) is 1. The van der Waals surface area contributed by atoms with Gasteiger partial charge in [0.2, 0.25) is 17.7 Å². The molecule has 1 aliphatic rings.